The number of aromatic nitrogens is 1. The van der Waals surface area contributed by atoms with Gasteiger partial charge in [-0.2, -0.15) is 0 Å². The Kier molecular flexibility index (Phi) is 7.81. The summed E-state index contributed by atoms with van der Waals surface area (Å²) >= 11 is 0. The smallest absolute Gasteiger partial charge is 0.257 e. The van der Waals surface area contributed by atoms with Crippen LogP contribution < -0.4 is 19.9 Å². The summed E-state index contributed by atoms with van der Waals surface area (Å²) in [5.74, 6) is 0.612. The summed E-state index contributed by atoms with van der Waals surface area (Å²) in [5, 5.41) is 3.37. The van der Waals surface area contributed by atoms with Crippen molar-refractivity contribution in [2.45, 2.75) is 33.1 Å². The molecule has 1 fully saturated rings. The number of rotatable bonds is 6. The first-order valence-electron chi connectivity index (χ1n) is 12.9. The number of benzene rings is 2. The van der Waals surface area contributed by atoms with Crippen molar-refractivity contribution >= 4 is 28.9 Å². The number of amides is 1. The van der Waals surface area contributed by atoms with E-state index in [0.29, 0.717) is 18.9 Å². The number of nitrogens with one attached hydrogen (secondary N) is 1. The van der Waals surface area contributed by atoms with Gasteiger partial charge in [0.2, 0.25) is 0 Å². The lowest BCUT2D eigenvalue weighted by molar-refractivity contribution is 0.0827. The van der Waals surface area contributed by atoms with E-state index in [2.05, 4.69) is 49.2 Å². The van der Waals surface area contributed by atoms with Crippen LogP contribution in [0.1, 0.15) is 42.3 Å². The summed E-state index contributed by atoms with van der Waals surface area (Å²) in [4.78, 5) is 23.4. The molecule has 0 saturated carbocycles. The van der Waals surface area contributed by atoms with Gasteiger partial charge >= 0.3 is 0 Å². The van der Waals surface area contributed by atoms with E-state index >= 15 is 4.39 Å². The molecule has 0 unspecified atom stereocenters. The molecule has 0 radical (unpaired) electrons. The monoisotopic (exact) mass is 519 g/mol. The lowest BCUT2D eigenvalue weighted by Gasteiger charge is -2.37. The first kappa shape index (κ1) is 27.2. The van der Waals surface area contributed by atoms with Crippen LogP contribution in [0, 0.1) is 12.7 Å². The summed E-state index contributed by atoms with van der Waals surface area (Å²) in [6, 6.07) is 15.5. The van der Waals surface area contributed by atoms with Crippen molar-refractivity contribution in [2.75, 3.05) is 62.5 Å². The Morgan fingerprint density at radius 2 is 1.63 bits per heavy atom. The lowest BCUT2D eigenvalue weighted by Crippen LogP contribution is -2.47. The van der Waals surface area contributed by atoms with E-state index in [4.69, 9.17) is 9.72 Å². The van der Waals surface area contributed by atoms with Gasteiger partial charge in [-0.25, -0.2) is 9.37 Å². The Bertz CT molecular complexity index is 1290. The molecule has 1 N–H and O–H groups in total. The molecule has 38 heavy (non-hydrogen) atoms. The highest BCUT2D eigenvalue weighted by Gasteiger charge is 2.26. The Hall–Kier alpha value is -3.81. The molecule has 0 spiro atoms. The van der Waals surface area contributed by atoms with Gasteiger partial charge in [0.15, 0.2) is 11.6 Å². The molecule has 1 saturated heterocycles. The highest BCUT2D eigenvalue weighted by Crippen LogP contribution is 2.32. The fourth-order valence-electron chi connectivity index (χ4n) is 4.52. The second kappa shape index (κ2) is 10.9. The van der Waals surface area contributed by atoms with Gasteiger partial charge < -0.3 is 24.8 Å². The first-order valence-corrected chi connectivity index (χ1v) is 12.9. The van der Waals surface area contributed by atoms with E-state index < -0.39 is 5.82 Å². The molecule has 1 aliphatic rings. The minimum Gasteiger partial charge on any atom is -0.497 e. The van der Waals surface area contributed by atoms with Crippen LogP contribution in [0.3, 0.4) is 0 Å². The number of anilines is 4. The van der Waals surface area contributed by atoms with Crippen LogP contribution in [0.5, 0.6) is 5.75 Å². The van der Waals surface area contributed by atoms with Crippen molar-refractivity contribution in [2.24, 2.45) is 0 Å². The Morgan fingerprint density at radius 1 is 1.00 bits per heavy atom. The molecule has 1 amide bonds. The molecule has 7 nitrogen and oxygen atoms in total. The number of carbonyl (C=O) groups excluding carboxylic acids is 1. The second-order valence-electron chi connectivity index (χ2n) is 11.0. The van der Waals surface area contributed by atoms with Crippen molar-refractivity contribution in [3.8, 4) is 5.75 Å². The number of carbonyl (C=O) groups is 1. The number of piperazine rings is 1. The van der Waals surface area contributed by atoms with Crippen LogP contribution in [0.2, 0.25) is 0 Å². The van der Waals surface area contributed by atoms with Gasteiger partial charge in [0.25, 0.3) is 5.91 Å². The van der Waals surface area contributed by atoms with Gasteiger partial charge in [0.05, 0.1) is 12.7 Å². The molecule has 4 rings (SSSR count). The van der Waals surface area contributed by atoms with Crippen molar-refractivity contribution in [3.05, 3.63) is 71.0 Å². The molecular formula is C30H38FN5O2. The maximum Gasteiger partial charge on any atom is 0.257 e. The number of hydrogen-bond acceptors (Lipinski definition) is 6. The molecule has 2 heterocycles. The van der Waals surface area contributed by atoms with Gasteiger partial charge in [0.1, 0.15) is 11.6 Å². The van der Waals surface area contributed by atoms with E-state index in [-0.39, 0.29) is 22.7 Å². The number of methoxy groups -OCH3 is 1. The number of aryl methyl sites for hydroxylation is 1. The summed E-state index contributed by atoms with van der Waals surface area (Å²) in [6.45, 7) is 11.1. The molecule has 2 aromatic carbocycles. The molecule has 0 atom stereocenters. The number of halogens is 1. The highest BCUT2D eigenvalue weighted by atomic mass is 19.1. The minimum atomic E-state index is -0.501. The van der Waals surface area contributed by atoms with Crippen LogP contribution in [0.15, 0.2) is 48.5 Å². The number of pyridine rings is 1. The van der Waals surface area contributed by atoms with Crippen LogP contribution in [-0.2, 0) is 5.41 Å². The van der Waals surface area contributed by atoms with Gasteiger partial charge in [0, 0.05) is 51.6 Å². The summed E-state index contributed by atoms with van der Waals surface area (Å²) < 4.78 is 20.7. The van der Waals surface area contributed by atoms with Crippen LogP contribution >= 0.6 is 0 Å². The summed E-state index contributed by atoms with van der Waals surface area (Å²) in [6.07, 6.45) is 0. The predicted molar refractivity (Wildman–Crippen MR) is 153 cm³/mol. The van der Waals surface area contributed by atoms with Crippen LogP contribution in [0.25, 0.3) is 0 Å². The average molecular weight is 520 g/mol. The summed E-state index contributed by atoms with van der Waals surface area (Å²) in [5.41, 5.74) is 4.28. The highest BCUT2D eigenvalue weighted by molar-refractivity contribution is 5.99. The van der Waals surface area contributed by atoms with E-state index in [1.54, 1.807) is 21.2 Å². The molecule has 1 aliphatic heterocycles. The zero-order chi connectivity index (χ0) is 27.6. The fraction of sp³-hybridized carbons (Fsp3) is 0.400. The largest absolute Gasteiger partial charge is 0.497 e. The zero-order valence-electron chi connectivity index (χ0n) is 23.4. The molecule has 8 heteroatoms. The van der Waals surface area contributed by atoms with Gasteiger partial charge in [-0.3, -0.25) is 4.79 Å². The van der Waals surface area contributed by atoms with E-state index in [1.807, 2.05) is 36.1 Å². The molecule has 1 aromatic heterocycles. The van der Waals surface area contributed by atoms with E-state index in [9.17, 15) is 4.79 Å². The maximum absolute atomic E-state index is 15.5. The second-order valence-corrected chi connectivity index (χ2v) is 11.0. The van der Waals surface area contributed by atoms with Gasteiger partial charge in [-0.05, 0) is 59.9 Å². The molecule has 202 valence electrons. The zero-order valence-corrected chi connectivity index (χ0v) is 23.4. The number of nitrogens with zero attached hydrogens (tertiary/aromatic N) is 4. The minimum absolute atomic E-state index is 0.0443. The van der Waals surface area contributed by atoms with Crippen LogP contribution in [-0.4, -0.2) is 63.2 Å². The standard InChI is InChI=1S/C30H38FN5O2/c1-20-8-9-21(30(2,3)4)18-26(20)32-27-24(29(37)34(5)6)19-25(31)28(33-27)36-16-14-35(15-17-36)22-10-12-23(38-7)13-11-22/h8-13,18-19H,14-17H2,1-7H3,(H,32,33). The summed E-state index contributed by atoms with van der Waals surface area (Å²) in [7, 11) is 4.96. The van der Waals surface area contributed by atoms with Gasteiger partial charge in [-0.15, -0.1) is 0 Å². The maximum atomic E-state index is 15.5. The van der Waals surface area contributed by atoms with E-state index in [1.165, 1.54) is 11.0 Å². The number of ether oxygens (including phenoxy) is 1. The molecule has 3 aromatic rings. The first-order chi connectivity index (χ1) is 18.0. The predicted octanol–water partition coefficient (Wildman–Crippen LogP) is 5.61. The third kappa shape index (κ3) is 5.85. The average Bonchev–Trinajstić information content (AvgIpc) is 2.89. The number of hydrogen-bond donors (Lipinski definition) is 1. The molecule has 0 aliphatic carbocycles. The SMILES string of the molecule is COc1ccc(N2CCN(c3nc(Nc4cc(C(C)(C)C)ccc4C)c(C(=O)N(C)C)cc3F)CC2)cc1. The van der Waals surface area contributed by atoms with Crippen molar-refractivity contribution in [3.63, 3.8) is 0 Å². The van der Waals surface area contributed by atoms with Crippen LogP contribution in [0.4, 0.5) is 27.4 Å². The third-order valence-corrected chi connectivity index (χ3v) is 6.97. The van der Waals surface area contributed by atoms with E-state index in [0.717, 1.165) is 41.3 Å². The van der Waals surface area contributed by atoms with Gasteiger partial charge in [-0.1, -0.05) is 32.9 Å². The molecular weight excluding hydrogens is 481 g/mol. The fourth-order valence-corrected chi connectivity index (χ4v) is 4.52. The van der Waals surface area contributed by atoms with Crippen molar-refractivity contribution in [1.29, 1.82) is 0 Å². The van der Waals surface area contributed by atoms with Crippen molar-refractivity contribution in [1.82, 2.24) is 9.88 Å². The normalized spacial score (nSPS) is 13.9. The topological polar surface area (TPSA) is 60.9 Å². The lowest BCUT2D eigenvalue weighted by atomic mass is 9.86. The third-order valence-electron chi connectivity index (χ3n) is 6.97. The Morgan fingerprint density at radius 3 is 2.21 bits per heavy atom. The Labute approximate surface area is 225 Å². The molecule has 0 bridgehead atoms. The Balaban J connectivity index is 1.63. The van der Waals surface area contributed by atoms with Crippen molar-refractivity contribution < 1.29 is 13.9 Å². The quantitative estimate of drug-likeness (QED) is 0.457.